The van der Waals surface area contributed by atoms with Crippen LogP contribution in [0.2, 0.25) is 0 Å². The minimum Gasteiger partial charge on any atom is -0.337 e. The van der Waals surface area contributed by atoms with Crippen molar-refractivity contribution in [3.63, 3.8) is 0 Å². The SMILES string of the molecule is CS(=O)(=O)c1ccc(-c2ccccc2)c(C(=O)N2CCN(c3nccc(C(F)(F)F)n3)CC2)c1. The number of benzene rings is 2. The molecule has 0 aliphatic carbocycles. The average Bonchev–Trinajstić information content (AvgIpc) is 2.83. The number of hydrogen-bond donors (Lipinski definition) is 0. The van der Waals surface area contributed by atoms with Crippen molar-refractivity contribution in [2.24, 2.45) is 0 Å². The molecule has 34 heavy (non-hydrogen) atoms. The number of alkyl halides is 3. The first kappa shape index (κ1) is 23.7. The molecule has 0 unspecified atom stereocenters. The third-order valence-corrected chi connectivity index (χ3v) is 6.63. The van der Waals surface area contributed by atoms with Crippen molar-refractivity contribution in [2.75, 3.05) is 37.3 Å². The molecule has 1 aliphatic heterocycles. The molecule has 0 N–H and O–H groups in total. The van der Waals surface area contributed by atoms with E-state index >= 15 is 0 Å². The van der Waals surface area contributed by atoms with Gasteiger partial charge in [-0.3, -0.25) is 4.79 Å². The van der Waals surface area contributed by atoms with Gasteiger partial charge in [-0.25, -0.2) is 18.4 Å². The monoisotopic (exact) mass is 490 g/mol. The fourth-order valence-corrected chi connectivity index (χ4v) is 4.39. The molecule has 2 heterocycles. The second-order valence-electron chi connectivity index (χ2n) is 7.86. The molecule has 11 heteroatoms. The van der Waals surface area contributed by atoms with Crippen LogP contribution in [-0.2, 0) is 16.0 Å². The van der Waals surface area contributed by atoms with E-state index in [0.29, 0.717) is 5.56 Å². The molecule has 1 fully saturated rings. The Labute approximate surface area is 194 Å². The van der Waals surface area contributed by atoms with Crippen LogP contribution in [0.1, 0.15) is 16.1 Å². The summed E-state index contributed by atoms with van der Waals surface area (Å²) >= 11 is 0. The lowest BCUT2D eigenvalue weighted by atomic mass is 9.98. The molecule has 178 valence electrons. The molecular formula is C23H21F3N4O3S. The second kappa shape index (κ2) is 9.05. The van der Waals surface area contributed by atoms with Crippen LogP contribution in [0.4, 0.5) is 19.1 Å². The van der Waals surface area contributed by atoms with E-state index in [9.17, 15) is 26.4 Å². The lowest BCUT2D eigenvalue weighted by molar-refractivity contribution is -0.141. The first-order valence-corrected chi connectivity index (χ1v) is 12.3. The summed E-state index contributed by atoms with van der Waals surface area (Å²) in [6.45, 7) is 0.907. The summed E-state index contributed by atoms with van der Waals surface area (Å²) in [4.78, 5) is 24.2. The van der Waals surface area contributed by atoms with Gasteiger partial charge in [-0.05, 0) is 29.3 Å². The van der Waals surface area contributed by atoms with Gasteiger partial charge in [0.25, 0.3) is 5.91 Å². The van der Waals surface area contributed by atoms with E-state index in [0.717, 1.165) is 24.1 Å². The van der Waals surface area contributed by atoms with Crippen molar-refractivity contribution in [2.45, 2.75) is 11.1 Å². The fraction of sp³-hybridized carbons (Fsp3) is 0.261. The molecule has 0 saturated carbocycles. The average molecular weight is 491 g/mol. The van der Waals surface area contributed by atoms with E-state index in [4.69, 9.17) is 0 Å². The molecular weight excluding hydrogens is 469 g/mol. The summed E-state index contributed by atoms with van der Waals surface area (Å²) in [6.07, 6.45) is -2.44. The van der Waals surface area contributed by atoms with E-state index in [1.165, 1.54) is 12.1 Å². The van der Waals surface area contributed by atoms with E-state index in [1.807, 2.05) is 30.3 Å². The molecule has 4 rings (SSSR count). The number of amides is 1. The van der Waals surface area contributed by atoms with Gasteiger partial charge in [0.05, 0.1) is 4.90 Å². The van der Waals surface area contributed by atoms with E-state index in [2.05, 4.69) is 9.97 Å². The molecule has 3 aromatic rings. The summed E-state index contributed by atoms with van der Waals surface area (Å²) in [5.41, 5.74) is 0.586. The number of carbonyl (C=O) groups excluding carboxylic acids is 1. The summed E-state index contributed by atoms with van der Waals surface area (Å²) in [5.74, 6) is -0.403. The van der Waals surface area contributed by atoms with Crippen molar-refractivity contribution >= 4 is 21.7 Å². The molecule has 1 aliphatic rings. The number of piperazine rings is 1. The minimum atomic E-state index is -4.58. The topological polar surface area (TPSA) is 83.5 Å². The van der Waals surface area contributed by atoms with Crippen molar-refractivity contribution in [1.82, 2.24) is 14.9 Å². The molecule has 0 bridgehead atoms. The largest absolute Gasteiger partial charge is 0.433 e. The Morgan fingerprint density at radius 2 is 1.65 bits per heavy atom. The highest BCUT2D eigenvalue weighted by Crippen LogP contribution is 2.30. The molecule has 1 aromatic heterocycles. The fourth-order valence-electron chi connectivity index (χ4n) is 3.74. The Hall–Kier alpha value is -3.47. The first-order valence-electron chi connectivity index (χ1n) is 10.4. The second-order valence-corrected chi connectivity index (χ2v) is 9.88. The van der Waals surface area contributed by atoms with Crippen molar-refractivity contribution in [3.05, 3.63) is 72.1 Å². The van der Waals surface area contributed by atoms with Gasteiger partial charge in [-0.15, -0.1) is 0 Å². The lowest BCUT2D eigenvalue weighted by Crippen LogP contribution is -2.49. The van der Waals surface area contributed by atoms with Crippen LogP contribution in [0.15, 0.2) is 65.7 Å². The van der Waals surface area contributed by atoms with Crippen molar-refractivity contribution in [1.29, 1.82) is 0 Å². The third kappa shape index (κ3) is 5.04. The Morgan fingerprint density at radius 3 is 2.26 bits per heavy atom. The van der Waals surface area contributed by atoms with Crippen LogP contribution >= 0.6 is 0 Å². The number of sulfone groups is 1. The van der Waals surface area contributed by atoms with Crippen molar-refractivity contribution < 1.29 is 26.4 Å². The Balaban J connectivity index is 1.58. The Morgan fingerprint density at radius 1 is 0.971 bits per heavy atom. The molecule has 1 saturated heterocycles. The molecule has 0 radical (unpaired) electrons. The number of halogens is 3. The standard InChI is InChI=1S/C23H21F3N4O3S/c1-34(32,33)17-7-8-18(16-5-3-2-4-6-16)19(15-17)21(31)29-11-13-30(14-12-29)22-27-10-9-20(28-22)23(24,25)26/h2-10,15H,11-14H2,1H3. The summed E-state index contributed by atoms with van der Waals surface area (Å²) in [6, 6.07) is 14.4. The maximum absolute atomic E-state index is 13.4. The van der Waals surface area contributed by atoms with Crippen LogP contribution < -0.4 is 4.90 Å². The van der Waals surface area contributed by atoms with E-state index < -0.39 is 21.7 Å². The zero-order valence-electron chi connectivity index (χ0n) is 18.2. The molecule has 0 atom stereocenters. The summed E-state index contributed by atoms with van der Waals surface area (Å²) in [7, 11) is -3.54. The predicted octanol–water partition coefficient (Wildman–Crippen LogP) is 3.53. The summed E-state index contributed by atoms with van der Waals surface area (Å²) in [5, 5.41) is 0. The van der Waals surface area contributed by atoms with Gasteiger partial charge >= 0.3 is 6.18 Å². The van der Waals surface area contributed by atoms with Crippen molar-refractivity contribution in [3.8, 4) is 11.1 Å². The zero-order valence-corrected chi connectivity index (χ0v) is 19.0. The van der Waals surface area contributed by atoms with Gasteiger partial charge in [-0.1, -0.05) is 36.4 Å². The molecule has 1 amide bonds. The van der Waals surface area contributed by atoms with Gasteiger partial charge in [0.15, 0.2) is 9.84 Å². The van der Waals surface area contributed by atoms with Crippen LogP contribution in [-0.4, -0.2) is 61.6 Å². The van der Waals surface area contributed by atoms with E-state index in [1.54, 1.807) is 15.9 Å². The van der Waals surface area contributed by atoms with Gasteiger partial charge < -0.3 is 9.80 Å². The lowest BCUT2D eigenvalue weighted by Gasteiger charge is -2.35. The number of anilines is 1. The highest BCUT2D eigenvalue weighted by atomic mass is 32.2. The van der Waals surface area contributed by atoms with Gasteiger partial charge in [0, 0.05) is 44.2 Å². The highest BCUT2D eigenvalue weighted by Gasteiger charge is 2.34. The van der Waals surface area contributed by atoms with E-state index in [-0.39, 0.29) is 48.5 Å². The molecule has 2 aromatic carbocycles. The Kier molecular flexibility index (Phi) is 6.30. The van der Waals surface area contributed by atoms with Gasteiger partial charge in [-0.2, -0.15) is 13.2 Å². The van der Waals surface area contributed by atoms with Crippen LogP contribution in [0.25, 0.3) is 11.1 Å². The number of carbonyl (C=O) groups is 1. The number of rotatable bonds is 4. The van der Waals surface area contributed by atoms with Crippen LogP contribution in [0.5, 0.6) is 0 Å². The van der Waals surface area contributed by atoms with Gasteiger partial charge in [0.2, 0.25) is 5.95 Å². The third-order valence-electron chi connectivity index (χ3n) is 5.52. The first-order chi connectivity index (χ1) is 16.0. The van der Waals surface area contributed by atoms with Crippen LogP contribution in [0, 0.1) is 0 Å². The van der Waals surface area contributed by atoms with Gasteiger partial charge in [0.1, 0.15) is 5.69 Å². The minimum absolute atomic E-state index is 0.0338. The molecule has 7 nitrogen and oxygen atoms in total. The maximum Gasteiger partial charge on any atom is 0.433 e. The number of nitrogens with zero attached hydrogens (tertiary/aromatic N) is 4. The predicted molar refractivity (Wildman–Crippen MR) is 120 cm³/mol. The number of hydrogen-bond acceptors (Lipinski definition) is 6. The maximum atomic E-state index is 13.4. The van der Waals surface area contributed by atoms with Crippen LogP contribution in [0.3, 0.4) is 0 Å². The number of aromatic nitrogens is 2. The smallest absolute Gasteiger partial charge is 0.337 e. The normalized spacial score (nSPS) is 14.8. The molecule has 0 spiro atoms. The Bertz CT molecular complexity index is 1310. The zero-order chi connectivity index (χ0) is 24.5. The summed E-state index contributed by atoms with van der Waals surface area (Å²) < 4.78 is 63.1. The highest BCUT2D eigenvalue weighted by molar-refractivity contribution is 7.90. The quantitative estimate of drug-likeness (QED) is 0.557.